The van der Waals surface area contributed by atoms with E-state index in [1.54, 1.807) is 31.4 Å². The summed E-state index contributed by atoms with van der Waals surface area (Å²) in [4.78, 5) is 22.8. The zero-order chi connectivity index (χ0) is 16.8. The van der Waals surface area contributed by atoms with Gasteiger partial charge in [0.2, 0.25) is 5.91 Å². The number of ether oxygens (including phenoxy) is 2. The number of amides is 1. The third kappa shape index (κ3) is 4.53. The van der Waals surface area contributed by atoms with Crippen molar-refractivity contribution in [1.82, 2.24) is 5.32 Å². The summed E-state index contributed by atoms with van der Waals surface area (Å²) in [6.07, 6.45) is 1.67. The molecule has 0 radical (unpaired) electrons. The monoisotopic (exact) mass is 321 g/mol. The molecule has 3 unspecified atom stereocenters. The van der Waals surface area contributed by atoms with Crippen molar-refractivity contribution in [3.63, 3.8) is 0 Å². The van der Waals surface area contributed by atoms with Crippen LogP contribution >= 0.6 is 0 Å². The van der Waals surface area contributed by atoms with E-state index in [1.165, 1.54) is 0 Å². The van der Waals surface area contributed by atoms with E-state index in [1.807, 2.05) is 6.92 Å². The van der Waals surface area contributed by atoms with E-state index >= 15 is 0 Å². The van der Waals surface area contributed by atoms with Crippen LogP contribution in [-0.4, -0.2) is 48.9 Å². The lowest BCUT2D eigenvalue weighted by Gasteiger charge is -2.43. The number of methoxy groups -OCH3 is 1. The molecule has 0 spiro atoms. The van der Waals surface area contributed by atoms with Gasteiger partial charge in [0.05, 0.1) is 17.7 Å². The number of benzene rings is 1. The summed E-state index contributed by atoms with van der Waals surface area (Å²) in [7, 11) is 1.62. The van der Waals surface area contributed by atoms with Gasteiger partial charge < -0.3 is 19.9 Å². The van der Waals surface area contributed by atoms with E-state index in [-0.39, 0.29) is 29.7 Å². The Kier molecular flexibility index (Phi) is 6.12. The van der Waals surface area contributed by atoms with Crippen LogP contribution in [0.3, 0.4) is 0 Å². The number of rotatable bonds is 8. The Labute approximate surface area is 135 Å². The van der Waals surface area contributed by atoms with E-state index in [9.17, 15) is 9.59 Å². The molecule has 126 valence electrons. The highest BCUT2D eigenvalue weighted by Gasteiger charge is 2.42. The first-order chi connectivity index (χ1) is 11.0. The van der Waals surface area contributed by atoms with Crippen molar-refractivity contribution in [2.75, 3.05) is 13.7 Å². The lowest BCUT2D eigenvalue weighted by Crippen LogP contribution is -2.61. The molecule has 1 aliphatic rings. The SMILES string of the molecule is CCOC1CC(NC(=O)CCc2ccc(C(=O)O)cc2)C1OC. The summed E-state index contributed by atoms with van der Waals surface area (Å²) in [5, 5.41) is 11.8. The lowest BCUT2D eigenvalue weighted by atomic mass is 9.85. The molecular formula is C17H23NO5. The van der Waals surface area contributed by atoms with Gasteiger partial charge >= 0.3 is 5.97 Å². The van der Waals surface area contributed by atoms with Gasteiger partial charge in [0.1, 0.15) is 6.10 Å². The van der Waals surface area contributed by atoms with E-state index < -0.39 is 5.97 Å². The first-order valence-corrected chi connectivity index (χ1v) is 7.81. The minimum atomic E-state index is -0.950. The predicted molar refractivity (Wildman–Crippen MR) is 84.5 cm³/mol. The zero-order valence-corrected chi connectivity index (χ0v) is 13.5. The van der Waals surface area contributed by atoms with Crippen LogP contribution in [0.25, 0.3) is 0 Å². The van der Waals surface area contributed by atoms with Crippen molar-refractivity contribution in [2.45, 2.75) is 44.4 Å². The van der Waals surface area contributed by atoms with Crippen LogP contribution in [0.4, 0.5) is 0 Å². The molecular weight excluding hydrogens is 298 g/mol. The predicted octanol–water partition coefficient (Wildman–Crippen LogP) is 1.63. The fourth-order valence-electron chi connectivity index (χ4n) is 2.77. The third-order valence-corrected chi connectivity index (χ3v) is 4.09. The molecule has 6 nitrogen and oxygen atoms in total. The molecule has 1 aliphatic carbocycles. The molecule has 0 aliphatic heterocycles. The number of carbonyl (C=O) groups is 2. The van der Waals surface area contributed by atoms with Gasteiger partial charge in [-0.3, -0.25) is 4.79 Å². The largest absolute Gasteiger partial charge is 0.478 e. The quantitative estimate of drug-likeness (QED) is 0.760. The molecule has 0 heterocycles. The summed E-state index contributed by atoms with van der Waals surface area (Å²) in [5.74, 6) is -0.983. The molecule has 2 rings (SSSR count). The lowest BCUT2D eigenvalue weighted by molar-refractivity contribution is -0.143. The van der Waals surface area contributed by atoms with Crippen LogP contribution in [0.1, 0.15) is 35.7 Å². The number of aromatic carboxylic acids is 1. The van der Waals surface area contributed by atoms with Crippen molar-refractivity contribution in [1.29, 1.82) is 0 Å². The van der Waals surface area contributed by atoms with Crippen LogP contribution < -0.4 is 5.32 Å². The molecule has 2 N–H and O–H groups in total. The molecule has 0 aromatic heterocycles. The van der Waals surface area contributed by atoms with Crippen LogP contribution in [-0.2, 0) is 20.7 Å². The van der Waals surface area contributed by atoms with Crippen molar-refractivity contribution in [2.24, 2.45) is 0 Å². The van der Waals surface area contributed by atoms with Crippen LogP contribution in [0.5, 0.6) is 0 Å². The Morgan fingerprint density at radius 1 is 1.30 bits per heavy atom. The molecule has 6 heteroatoms. The van der Waals surface area contributed by atoms with Gasteiger partial charge in [0.15, 0.2) is 0 Å². The third-order valence-electron chi connectivity index (χ3n) is 4.09. The second kappa shape index (κ2) is 8.08. The Morgan fingerprint density at radius 3 is 2.57 bits per heavy atom. The molecule has 23 heavy (non-hydrogen) atoms. The molecule has 0 saturated heterocycles. The first kappa shape index (κ1) is 17.4. The zero-order valence-electron chi connectivity index (χ0n) is 13.5. The second-order valence-corrected chi connectivity index (χ2v) is 5.61. The van der Waals surface area contributed by atoms with Crippen molar-refractivity contribution in [3.05, 3.63) is 35.4 Å². The maximum Gasteiger partial charge on any atom is 0.335 e. The molecule has 3 atom stereocenters. The van der Waals surface area contributed by atoms with Gasteiger partial charge in [-0.15, -0.1) is 0 Å². The maximum atomic E-state index is 12.0. The molecule has 1 saturated carbocycles. The summed E-state index contributed by atoms with van der Waals surface area (Å²) in [6, 6.07) is 6.58. The minimum Gasteiger partial charge on any atom is -0.478 e. The number of hydrogen-bond acceptors (Lipinski definition) is 4. The molecule has 1 fully saturated rings. The maximum absolute atomic E-state index is 12.0. The normalized spacial score (nSPS) is 23.1. The number of nitrogens with one attached hydrogen (secondary N) is 1. The van der Waals surface area contributed by atoms with Crippen molar-refractivity contribution in [3.8, 4) is 0 Å². The Bertz CT molecular complexity index is 542. The van der Waals surface area contributed by atoms with E-state index in [0.717, 1.165) is 12.0 Å². The molecule has 1 amide bonds. The van der Waals surface area contributed by atoms with Crippen molar-refractivity contribution >= 4 is 11.9 Å². The summed E-state index contributed by atoms with van der Waals surface area (Å²) in [5.41, 5.74) is 1.19. The highest BCUT2D eigenvalue weighted by molar-refractivity contribution is 5.87. The van der Waals surface area contributed by atoms with Crippen LogP contribution in [0, 0.1) is 0 Å². The van der Waals surface area contributed by atoms with Crippen LogP contribution in [0.2, 0.25) is 0 Å². The minimum absolute atomic E-state index is 0.00145. The number of carbonyl (C=O) groups excluding carboxylic acids is 1. The Hall–Kier alpha value is -1.92. The summed E-state index contributed by atoms with van der Waals surface area (Å²) >= 11 is 0. The average Bonchev–Trinajstić information content (AvgIpc) is 2.52. The van der Waals surface area contributed by atoms with Gasteiger partial charge in [0, 0.05) is 20.1 Å². The highest BCUT2D eigenvalue weighted by atomic mass is 16.5. The summed E-state index contributed by atoms with van der Waals surface area (Å²) in [6.45, 7) is 2.58. The highest BCUT2D eigenvalue weighted by Crippen LogP contribution is 2.27. The molecule has 1 aromatic carbocycles. The van der Waals surface area contributed by atoms with E-state index in [4.69, 9.17) is 14.6 Å². The smallest absolute Gasteiger partial charge is 0.335 e. The van der Waals surface area contributed by atoms with E-state index in [2.05, 4.69) is 5.32 Å². The molecule has 0 bridgehead atoms. The van der Waals surface area contributed by atoms with Gasteiger partial charge in [-0.1, -0.05) is 12.1 Å². The van der Waals surface area contributed by atoms with Gasteiger partial charge in [-0.25, -0.2) is 4.79 Å². The average molecular weight is 321 g/mol. The Balaban J connectivity index is 1.76. The topological polar surface area (TPSA) is 84.9 Å². The number of hydrogen-bond donors (Lipinski definition) is 2. The summed E-state index contributed by atoms with van der Waals surface area (Å²) < 4.78 is 10.9. The van der Waals surface area contributed by atoms with Crippen LogP contribution in [0.15, 0.2) is 24.3 Å². The first-order valence-electron chi connectivity index (χ1n) is 7.81. The number of carboxylic acid groups (broad SMARTS) is 1. The van der Waals surface area contributed by atoms with Gasteiger partial charge in [-0.05, 0) is 37.5 Å². The van der Waals surface area contributed by atoms with Gasteiger partial charge in [-0.2, -0.15) is 0 Å². The Morgan fingerprint density at radius 2 is 2.00 bits per heavy atom. The van der Waals surface area contributed by atoms with E-state index in [0.29, 0.717) is 19.4 Å². The standard InChI is InChI=1S/C17H23NO5/c1-3-23-14-10-13(16(14)22-2)18-15(19)9-6-11-4-7-12(8-5-11)17(20)21/h4-5,7-8,13-14,16H,3,6,9-10H2,1-2H3,(H,18,19)(H,20,21). The second-order valence-electron chi connectivity index (χ2n) is 5.61. The fraction of sp³-hybridized carbons (Fsp3) is 0.529. The fourth-order valence-corrected chi connectivity index (χ4v) is 2.77. The van der Waals surface area contributed by atoms with Gasteiger partial charge in [0.25, 0.3) is 0 Å². The van der Waals surface area contributed by atoms with Crippen molar-refractivity contribution < 1.29 is 24.2 Å². The number of aryl methyl sites for hydroxylation is 1. The number of carboxylic acids is 1. The molecule has 1 aromatic rings.